The highest BCUT2D eigenvalue weighted by Gasteiger charge is 2.19. The SMILES string of the molecule is O=C(c1ccc(Oc2ccccc2)cc1)N1CCCC1. The summed E-state index contributed by atoms with van der Waals surface area (Å²) < 4.78 is 5.71. The number of nitrogens with zero attached hydrogens (tertiary/aromatic N) is 1. The van der Waals surface area contributed by atoms with Crippen molar-refractivity contribution >= 4 is 5.91 Å². The van der Waals surface area contributed by atoms with Crippen molar-refractivity contribution in [2.24, 2.45) is 0 Å². The molecule has 1 aliphatic rings. The Morgan fingerprint density at radius 2 is 1.45 bits per heavy atom. The zero-order valence-electron chi connectivity index (χ0n) is 11.3. The van der Waals surface area contributed by atoms with Gasteiger partial charge in [-0.25, -0.2) is 0 Å². The Labute approximate surface area is 118 Å². The summed E-state index contributed by atoms with van der Waals surface area (Å²) in [7, 11) is 0. The van der Waals surface area contributed by atoms with Crippen LogP contribution in [0.15, 0.2) is 54.6 Å². The number of rotatable bonds is 3. The van der Waals surface area contributed by atoms with Crippen LogP contribution >= 0.6 is 0 Å². The number of benzene rings is 2. The van der Waals surface area contributed by atoms with E-state index in [0.29, 0.717) is 0 Å². The Kier molecular flexibility index (Phi) is 3.68. The van der Waals surface area contributed by atoms with Crippen molar-refractivity contribution in [2.75, 3.05) is 13.1 Å². The largest absolute Gasteiger partial charge is 0.457 e. The van der Waals surface area contributed by atoms with Gasteiger partial charge in [0.15, 0.2) is 0 Å². The van der Waals surface area contributed by atoms with Crippen LogP contribution < -0.4 is 4.74 Å². The average molecular weight is 267 g/mol. The maximum atomic E-state index is 12.2. The first kappa shape index (κ1) is 12.7. The van der Waals surface area contributed by atoms with Crippen LogP contribution in [0.5, 0.6) is 11.5 Å². The van der Waals surface area contributed by atoms with E-state index in [0.717, 1.165) is 43.0 Å². The second-order valence-corrected chi connectivity index (χ2v) is 4.94. The molecular formula is C17H17NO2. The third-order valence-corrected chi connectivity index (χ3v) is 3.47. The summed E-state index contributed by atoms with van der Waals surface area (Å²) >= 11 is 0. The highest BCUT2D eigenvalue weighted by molar-refractivity contribution is 5.94. The van der Waals surface area contributed by atoms with Crippen molar-refractivity contribution in [3.8, 4) is 11.5 Å². The van der Waals surface area contributed by atoms with Gasteiger partial charge >= 0.3 is 0 Å². The first-order valence-corrected chi connectivity index (χ1v) is 6.95. The molecule has 0 unspecified atom stereocenters. The molecule has 1 amide bonds. The summed E-state index contributed by atoms with van der Waals surface area (Å²) in [6.45, 7) is 1.75. The van der Waals surface area contributed by atoms with Gasteiger partial charge in [0.25, 0.3) is 5.91 Å². The van der Waals surface area contributed by atoms with Crippen LogP contribution in [0.25, 0.3) is 0 Å². The topological polar surface area (TPSA) is 29.5 Å². The van der Waals surface area contributed by atoms with Gasteiger partial charge in [-0.1, -0.05) is 18.2 Å². The van der Waals surface area contributed by atoms with E-state index in [9.17, 15) is 4.79 Å². The summed E-state index contributed by atoms with van der Waals surface area (Å²) in [5, 5.41) is 0. The number of hydrogen-bond donors (Lipinski definition) is 0. The van der Waals surface area contributed by atoms with Crippen LogP contribution in [-0.2, 0) is 0 Å². The third kappa shape index (κ3) is 2.82. The van der Waals surface area contributed by atoms with Gasteiger partial charge in [0.1, 0.15) is 11.5 Å². The van der Waals surface area contributed by atoms with Gasteiger partial charge in [0.2, 0.25) is 0 Å². The fraction of sp³-hybridized carbons (Fsp3) is 0.235. The van der Waals surface area contributed by atoms with Crippen LogP contribution in [0, 0.1) is 0 Å². The van der Waals surface area contributed by atoms with Crippen LogP contribution in [0.2, 0.25) is 0 Å². The zero-order chi connectivity index (χ0) is 13.8. The lowest BCUT2D eigenvalue weighted by Crippen LogP contribution is -2.27. The maximum Gasteiger partial charge on any atom is 0.253 e. The minimum atomic E-state index is 0.119. The van der Waals surface area contributed by atoms with Gasteiger partial charge in [0, 0.05) is 18.7 Å². The van der Waals surface area contributed by atoms with E-state index >= 15 is 0 Å². The minimum absolute atomic E-state index is 0.119. The van der Waals surface area contributed by atoms with Crippen LogP contribution in [-0.4, -0.2) is 23.9 Å². The van der Waals surface area contributed by atoms with Gasteiger partial charge < -0.3 is 9.64 Å². The number of carbonyl (C=O) groups is 1. The number of carbonyl (C=O) groups excluding carboxylic acids is 1. The molecule has 0 saturated carbocycles. The van der Waals surface area contributed by atoms with Crippen LogP contribution in [0.4, 0.5) is 0 Å². The molecule has 0 radical (unpaired) electrons. The lowest BCUT2D eigenvalue weighted by molar-refractivity contribution is 0.0793. The molecule has 2 aromatic carbocycles. The van der Waals surface area contributed by atoms with Gasteiger partial charge in [-0.15, -0.1) is 0 Å². The summed E-state index contributed by atoms with van der Waals surface area (Å²) in [6, 6.07) is 17.0. The molecule has 1 heterocycles. The molecule has 20 heavy (non-hydrogen) atoms. The zero-order valence-corrected chi connectivity index (χ0v) is 11.3. The number of ether oxygens (including phenoxy) is 1. The first-order valence-electron chi connectivity index (χ1n) is 6.95. The summed E-state index contributed by atoms with van der Waals surface area (Å²) in [4.78, 5) is 14.1. The van der Waals surface area contributed by atoms with Crippen LogP contribution in [0.3, 0.4) is 0 Å². The molecule has 3 nitrogen and oxygen atoms in total. The molecule has 0 aromatic heterocycles. The summed E-state index contributed by atoms with van der Waals surface area (Å²) in [5.74, 6) is 1.66. The smallest absolute Gasteiger partial charge is 0.253 e. The van der Waals surface area contributed by atoms with Crippen molar-refractivity contribution in [1.29, 1.82) is 0 Å². The van der Waals surface area contributed by atoms with E-state index < -0.39 is 0 Å². The number of hydrogen-bond acceptors (Lipinski definition) is 2. The van der Waals surface area contributed by atoms with Crippen molar-refractivity contribution < 1.29 is 9.53 Å². The molecule has 1 fully saturated rings. The van der Waals surface area contributed by atoms with E-state index in [2.05, 4.69) is 0 Å². The molecule has 0 bridgehead atoms. The standard InChI is InChI=1S/C17H17NO2/c19-17(18-12-4-5-13-18)14-8-10-16(11-9-14)20-15-6-2-1-3-7-15/h1-3,6-11H,4-5,12-13H2. The van der Waals surface area contributed by atoms with Crippen molar-refractivity contribution in [2.45, 2.75) is 12.8 Å². The van der Waals surface area contributed by atoms with E-state index in [4.69, 9.17) is 4.74 Å². The summed E-state index contributed by atoms with van der Waals surface area (Å²) in [6.07, 6.45) is 2.22. The van der Waals surface area contributed by atoms with E-state index in [1.807, 2.05) is 59.5 Å². The van der Waals surface area contributed by atoms with Crippen molar-refractivity contribution in [3.05, 3.63) is 60.2 Å². The van der Waals surface area contributed by atoms with E-state index in [1.165, 1.54) is 0 Å². The second kappa shape index (κ2) is 5.78. The Hall–Kier alpha value is -2.29. The molecule has 3 heteroatoms. The van der Waals surface area contributed by atoms with Crippen LogP contribution in [0.1, 0.15) is 23.2 Å². The van der Waals surface area contributed by atoms with E-state index in [-0.39, 0.29) is 5.91 Å². The molecule has 3 rings (SSSR count). The third-order valence-electron chi connectivity index (χ3n) is 3.47. The predicted molar refractivity (Wildman–Crippen MR) is 78.1 cm³/mol. The number of likely N-dealkylation sites (tertiary alicyclic amines) is 1. The first-order chi connectivity index (χ1) is 9.83. The van der Waals surface area contributed by atoms with Gasteiger partial charge in [0.05, 0.1) is 0 Å². The molecular weight excluding hydrogens is 250 g/mol. The Morgan fingerprint density at radius 3 is 2.10 bits per heavy atom. The molecule has 1 aliphatic heterocycles. The molecule has 2 aromatic rings. The maximum absolute atomic E-state index is 12.2. The Balaban J connectivity index is 1.69. The highest BCUT2D eigenvalue weighted by atomic mass is 16.5. The molecule has 0 aliphatic carbocycles. The van der Waals surface area contributed by atoms with E-state index in [1.54, 1.807) is 0 Å². The number of para-hydroxylation sites is 1. The van der Waals surface area contributed by atoms with Gasteiger partial charge in [-0.2, -0.15) is 0 Å². The quantitative estimate of drug-likeness (QED) is 0.848. The fourth-order valence-corrected chi connectivity index (χ4v) is 2.39. The molecule has 1 saturated heterocycles. The normalized spacial score (nSPS) is 14.3. The minimum Gasteiger partial charge on any atom is -0.457 e. The lowest BCUT2D eigenvalue weighted by atomic mass is 10.2. The molecule has 102 valence electrons. The molecule has 0 N–H and O–H groups in total. The molecule has 0 spiro atoms. The van der Waals surface area contributed by atoms with Gasteiger partial charge in [-0.05, 0) is 49.2 Å². The number of amides is 1. The summed E-state index contributed by atoms with van der Waals surface area (Å²) in [5.41, 5.74) is 0.729. The average Bonchev–Trinajstić information content (AvgIpc) is 3.03. The second-order valence-electron chi connectivity index (χ2n) is 4.94. The fourth-order valence-electron chi connectivity index (χ4n) is 2.39. The van der Waals surface area contributed by atoms with Crippen molar-refractivity contribution in [1.82, 2.24) is 4.90 Å². The lowest BCUT2D eigenvalue weighted by Gasteiger charge is -2.15. The highest BCUT2D eigenvalue weighted by Crippen LogP contribution is 2.22. The van der Waals surface area contributed by atoms with Crippen molar-refractivity contribution in [3.63, 3.8) is 0 Å². The Bertz CT molecular complexity index is 572. The monoisotopic (exact) mass is 267 g/mol. The molecule has 0 atom stereocenters. The predicted octanol–water partition coefficient (Wildman–Crippen LogP) is 3.71. The van der Waals surface area contributed by atoms with Gasteiger partial charge in [-0.3, -0.25) is 4.79 Å². The Morgan fingerprint density at radius 1 is 0.850 bits per heavy atom.